The number of carbonyl (C=O) groups excluding carboxylic acids is 1. The van der Waals surface area contributed by atoms with E-state index < -0.39 is 10.3 Å². The highest BCUT2D eigenvalue weighted by atomic mass is 79.9. The summed E-state index contributed by atoms with van der Waals surface area (Å²) in [6.07, 6.45) is 1.71. The molecule has 1 aromatic carbocycles. The second kappa shape index (κ2) is 10.2. The summed E-state index contributed by atoms with van der Waals surface area (Å²) in [5.41, 5.74) is 1.19. The van der Waals surface area contributed by atoms with Crippen molar-refractivity contribution in [2.24, 2.45) is 0 Å². The van der Waals surface area contributed by atoms with Crippen LogP contribution in [0.1, 0.15) is 12.0 Å². The lowest BCUT2D eigenvalue weighted by Gasteiger charge is -2.35. The fourth-order valence-electron chi connectivity index (χ4n) is 3.27. The molecule has 30 heavy (non-hydrogen) atoms. The van der Waals surface area contributed by atoms with Crippen molar-refractivity contribution in [1.82, 2.24) is 9.80 Å². The number of carbonyl (C=O) groups is 2. The molecule has 0 saturated carbocycles. The minimum Gasteiger partial charge on any atom is -0.482 e. The number of allylic oxidation sites excluding steroid dienone is 2. The number of carboxylic acid groups (broad SMARTS) is 1. The van der Waals surface area contributed by atoms with Gasteiger partial charge in [-0.25, -0.2) is 0 Å². The standard InChI is InChI=1S/C20H20Br3ClN2O4/c21-15-9-20(23,19(28)29)10-16(22)18(15)30-12-17(27)26-7-5-25(6-8-26)11-13-1-3-14(24)4-2-13/h1-4,9H,5-8,10-12H2,(H,28,29). The molecule has 1 aromatic rings. The molecule has 1 unspecified atom stereocenters. The maximum absolute atomic E-state index is 12.6. The average molecular weight is 628 g/mol. The summed E-state index contributed by atoms with van der Waals surface area (Å²) in [6, 6.07) is 7.80. The van der Waals surface area contributed by atoms with E-state index in [2.05, 4.69) is 52.7 Å². The first-order valence-electron chi connectivity index (χ1n) is 9.25. The number of piperazine rings is 1. The van der Waals surface area contributed by atoms with E-state index in [1.165, 1.54) is 11.6 Å². The molecule has 1 fully saturated rings. The smallest absolute Gasteiger partial charge is 0.324 e. The average Bonchev–Trinajstić information content (AvgIpc) is 2.69. The summed E-state index contributed by atoms with van der Waals surface area (Å²) in [6.45, 7) is 3.56. The SMILES string of the molecule is O=C(COC1=C(Br)CC(Br)(C(=O)O)C=C1Br)N1CCN(Cc2ccc(Cl)cc2)CC1. The van der Waals surface area contributed by atoms with E-state index in [0.29, 0.717) is 27.8 Å². The van der Waals surface area contributed by atoms with Gasteiger partial charge in [0.25, 0.3) is 5.91 Å². The quantitative estimate of drug-likeness (QED) is 0.471. The Morgan fingerprint density at radius 2 is 1.77 bits per heavy atom. The van der Waals surface area contributed by atoms with Gasteiger partial charge in [-0.05, 0) is 39.7 Å². The zero-order valence-corrected chi connectivity index (χ0v) is 21.4. The normalized spacial score (nSPS) is 22.7. The lowest BCUT2D eigenvalue weighted by molar-refractivity contribution is -0.139. The van der Waals surface area contributed by atoms with Crippen LogP contribution in [0.15, 0.2) is 45.1 Å². The van der Waals surface area contributed by atoms with Gasteiger partial charge in [-0.2, -0.15) is 0 Å². The van der Waals surface area contributed by atoms with Crippen LogP contribution in [0.2, 0.25) is 5.02 Å². The Kier molecular flexibility index (Phi) is 8.06. The number of hydrogen-bond donors (Lipinski definition) is 1. The van der Waals surface area contributed by atoms with Crippen LogP contribution in [0.5, 0.6) is 0 Å². The molecule has 1 N–H and O–H groups in total. The first kappa shape index (κ1) is 23.8. The molecule has 1 aliphatic heterocycles. The largest absolute Gasteiger partial charge is 0.482 e. The second-order valence-electron chi connectivity index (χ2n) is 7.14. The van der Waals surface area contributed by atoms with Crippen molar-refractivity contribution in [2.45, 2.75) is 17.3 Å². The van der Waals surface area contributed by atoms with Crippen molar-refractivity contribution in [3.63, 3.8) is 0 Å². The van der Waals surface area contributed by atoms with Crippen molar-refractivity contribution in [1.29, 1.82) is 0 Å². The van der Waals surface area contributed by atoms with Crippen LogP contribution in [0.25, 0.3) is 0 Å². The molecule has 0 spiro atoms. The van der Waals surface area contributed by atoms with E-state index in [9.17, 15) is 14.7 Å². The van der Waals surface area contributed by atoms with Crippen LogP contribution in [0.3, 0.4) is 0 Å². The van der Waals surface area contributed by atoms with Crippen LogP contribution in [0.4, 0.5) is 0 Å². The molecule has 162 valence electrons. The van der Waals surface area contributed by atoms with Gasteiger partial charge in [0, 0.05) is 48.6 Å². The summed E-state index contributed by atoms with van der Waals surface area (Å²) in [5.74, 6) is -0.646. The lowest BCUT2D eigenvalue weighted by Crippen LogP contribution is -2.49. The molecule has 0 aromatic heterocycles. The fraction of sp³-hybridized carbons (Fsp3) is 0.400. The highest BCUT2D eigenvalue weighted by Gasteiger charge is 2.39. The first-order valence-corrected chi connectivity index (χ1v) is 12.0. The van der Waals surface area contributed by atoms with E-state index in [-0.39, 0.29) is 18.9 Å². The molecule has 1 heterocycles. The number of halogens is 4. The molecular formula is C20H20Br3ClN2O4. The molecule has 10 heteroatoms. The van der Waals surface area contributed by atoms with Gasteiger partial charge in [0.2, 0.25) is 0 Å². The van der Waals surface area contributed by atoms with Gasteiger partial charge < -0.3 is 14.7 Å². The topological polar surface area (TPSA) is 70.1 Å². The predicted octanol–water partition coefficient (Wildman–Crippen LogP) is 4.51. The Balaban J connectivity index is 1.49. The number of carboxylic acids is 1. The zero-order chi connectivity index (χ0) is 21.9. The number of rotatable bonds is 6. The van der Waals surface area contributed by atoms with Crippen LogP contribution >= 0.6 is 59.4 Å². The summed E-state index contributed by atoms with van der Waals surface area (Å²) in [5, 5.41) is 10.1. The van der Waals surface area contributed by atoms with Crippen LogP contribution in [-0.4, -0.2) is 63.9 Å². The Morgan fingerprint density at radius 3 is 2.33 bits per heavy atom. The third-order valence-electron chi connectivity index (χ3n) is 4.97. The highest BCUT2D eigenvalue weighted by Crippen LogP contribution is 2.42. The third-order valence-corrected chi connectivity index (χ3v) is 7.30. The number of ether oxygens (including phenoxy) is 1. The van der Waals surface area contributed by atoms with Crippen molar-refractivity contribution in [3.8, 4) is 0 Å². The molecule has 0 bridgehead atoms. The minimum atomic E-state index is -1.21. The summed E-state index contributed by atoms with van der Waals surface area (Å²) < 4.78 is 5.58. The van der Waals surface area contributed by atoms with Crippen molar-refractivity contribution < 1.29 is 19.4 Å². The molecule has 1 atom stereocenters. The van der Waals surface area contributed by atoms with Crippen molar-refractivity contribution >= 4 is 71.3 Å². The van der Waals surface area contributed by atoms with Gasteiger partial charge in [-0.15, -0.1) is 0 Å². The molecule has 1 aliphatic carbocycles. The zero-order valence-electron chi connectivity index (χ0n) is 15.9. The van der Waals surface area contributed by atoms with E-state index in [1.54, 1.807) is 4.90 Å². The third kappa shape index (κ3) is 5.88. The van der Waals surface area contributed by atoms with Crippen LogP contribution < -0.4 is 0 Å². The molecular weight excluding hydrogens is 607 g/mol. The van der Waals surface area contributed by atoms with E-state index in [0.717, 1.165) is 24.7 Å². The summed E-state index contributed by atoms with van der Waals surface area (Å²) >= 11 is 15.9. The molecule has 6 nitrogen and oxygen atoms in total. The van der Waals surface area contributed by atoms with Crippen molar-refractivity contribution in [2.75, 3.05) is 32.8 Å². The maximum Gasteiger partial charge on any atom is 0.324 e. The molecule has 1 saturated heterocycles. The number of alkyl halides is 1. The summed E-state index contributed by atoms with van der Waals surface area (Å²) in [4.78, 5) is 28.1. The van der Waals surface area contributed by atoms with Gasteiger partial charge in [0.15, 0.2) is 6.61 Å². The van der Waals surface area contributed by atoms with Gasteiger partial charge in [0.1, 0.15) is 10.1 Å². The minimum absolute atomic E-state index is 0.0943. The Hall–Kier alpha value is -0.870. The molecule has 1 amide bonds. The maximum atomic E-state index is 12.6. The van der Waals surface area contributed by atoms with Crippen LogP contribution in [0, 0.1) is 0 Å². The van der Waals surface area contributed by atoms with E-state index in [1.807, 2.05) is 24.3 Å². The van der Waals surface area contributed by atoms with Gasteiger partial charge in [0.05, 0.1) is 4.48 Å². The Bertz CT molecular complexity index is 883. The number of nitrogens with zero attached hydrogens (tertiary/aromatic N) is 2. The highest BCUT2D eigenvalue weighted by molar-refractivity contribution is 9.12. The summed E-state index contributed by atoms with van der Waals surface area (Å²) in [7, 11) is 0. The monoisotopic (exact) mass is 624 g/mol. The lowest BCUT2D eigenvalue weighted by atomic mass is 10.00. The number of aliphatic carboxylic acids is 1. The Morgan fingerprint density at radius 1 is 1.13 bits per heavy atom. The predicted molar refractivity (Wildman–Crippen MR) is 126 cm³/mol. The number of benzene rings is 1. The van der Waals surface area contributed by atoms with Crippen LogP contribution in [-0.2, 0) is 20.9 Å². The molecule has 0 radical (unpaired) electrons. The number of amides is 1. The van der Waals surface area contributed by atoms with E-state index in [4.69, 9.17) is 16.3 Å². The molecule has 3 rings (SSSR count). The first-order chi connectivity index (χ1) is 14.2. The van der Waals surface area contributed by atoms with Gasteiger partial charge in [-0.3, -0.25) is 14.5 Å². The van der Waals surface area contributed by atoms with Crippen molar-refractivity contribution in [3.05, 3.63) is 55.7 Å². The Labute approximate surface area is 205 Å². The fourth-order valence-corrected chi connectivity index (χ4v) is 6.37. The number of hydrogen-bond acceptors (Lipinski definition) is 4. The molecule has 2 aliphatic rings. The van der Waals surface area contributed by atoms with E-state index >= 15 is 0 Å². The van der Waals surface area contributed by atoms with Gasteiger partial charge in [-0.1, -0.05) is 55.6 Å². The second-order valence-corrected chi connectivity index (χ2v) is 10.8. The van der Waals surface area contributed by atoms with Gasteiger partial charge >= 0.3 is 5.97 Å².